The molecule has 0 aliphatic rings. The minimum Gasteiger partial charge on any atom is -0.469 e. The number of carbonyl (C=O) groups excluding carboxylic acids is 2. The third-order valence-corrected chi connectivity index (χ3v) is 5.45. The highest BCUT2D eigenvalue weighted by Crippen LogP contribution is 2.18. The van der Waals surface area contributed by atoms with Crippen LogP contribution in [0.3, 0.4) is 0 Å². The first-order valence-corrected chi connectivity index (χ1v) is 10.1. The maximum atomic E-state index is 13.1. The molecule has 1 amide bonds. The molecule has 0 aliphatic carbocycles. The molecule has 2 N–H and O–H groups in total. The Bertz CT molecular complexity index is 948. The first-order chi connectivity index (χ1) is 13.7. The zero-order chi connectivity index (χ0) is 21.4. The van der Waals surface area contributed by atoms with Crippen molar-refractivity contribution < 1.29 is 31.5 Å². The van der Waals surface area contributed by atoms with E-state index in [2.05, 4.69) is 14.8 Å². The first-order valence-electron chi connectivity index (χ1n) is 8.58. The predicted molar refractivity (Wildman–Crippen MR) is 100 cm³/mol. The van der Waals surface area contributed by atoms with Gasteiger partial charge in [-0.2, -0.15) is 0 Å². The van der Waals surface area contributed by atoms with Gasteiger partial charge < -0.3 is 10.1 Å². The van der Waals surface area contributed by atoms with E-state index in [0.717, 1.165) is 24.3 Å². The summed E-state index contributed by atoms with van der Waals surface area (Å²) in [6.45, 7) is -0.208. The molecule has 156 valence electrons. The highest BCUT2D eigenvalue weighted by Gasteiger charge is 2.20. The Morgan fingerprint density at radius 3 is 2.10 bits per heavy atom. The van der Waals surface area contributed by atoms with Gasteiger partial charge in [0.1, 0.15) is 11.6 Å². The van der Waals surface area contributed by atoms with E-state index in [0.29, 0.717) is 5.56 Å². The van der Waals surface area contributed by atoms with Crippen molar-refractivity contribution in [2.24, 2.45) is 0 Å². The molecule has 0 saturated carbocycles. The van der Waals surface area contributed by atoms with E-state index in [1.54, 1.807) is 0 Å². The second kappa shape index (κ2) is 10.1. The quantitative estimate of drug-likeness (QED) is 0.598. The number of amides is 1. The van der Waals surface area contributed by atoms with Crippen molar-refractivity contribution >= 4 is 21.9 Å². The SMILES string of the molecule is COC(=O)CC(NC(=O)CCNS(=O)(=O)c1ccc(F)cc1)c1ccc(F)cc1. The van der Waals surface area contributed by atoms with Crippen LogP contribution in [0.15, 0.2) is 53.4 Å². The van der Waals surface area contributed by atoms with Gasteiger partial charge in [-0.05, 0) is 42.0 Å². The average Bonchev–Trinajstić information content (AvgIpc) is 2.68. The van der Waals surface area contributed by atoms with Gasteiger partial charge >= 0.3 is 5.97 Å². The van der Waals surface area contributed by atoms with Crippen LogP contribution in [-0.2, 0) is 24.3 Å². The van der Waals surface area contributed by atoms with Crippen LogP contribution in [0.2, 0.25) is 0 Å². The number of ether oxygens (including phenoxy) is 1. The summed E-state index contributed by atoms with van der Waals surface area (Å²) >= 11 is 0. The topological polar surface area (TPSA) is 102 Å². The molecule has 10 heteroatoms. The van der Waals surface area contributed by atoms with Crippen molar-refractivity contribution in [3.8, 4) is 0 Å². The Balaban J connectivity index is 1.96. The van der Waals surface area contributed by atoms with Crippen LogP contribution in [0.4, 0.5) is 8.78 Å². The zero-order valence-electron chi connectivity index (χ0n) is 15.5. The number of hydrogen-bond donors (Lipinski definition) is 2. The Morgan fingerprint density at radius 1 is 1.00 bits per heavy atom. The molecule has 0 saturated heterocycles. The summed E-state index contributed by atoms with van der Waals surface area (Å²) in [7, 11) is -2.69. The summed E-state index contributed by atoms with van der Waals surface area (Å²) in [4.78, 5) is 23.7. The number of halogens is 2. The van der Waals surface area contributed by atoms with Gasteiger partial charge in [0.05, 0.1) is 24.5 Å². The molecule has 0 fully saturated rings. The molecule has 1 atom stereocenters. The van der Waals surface area contributed by atoms with Gasteiger partial charge in [-0.25, -0.2) is 21.9 Å². The maximum absolute atomic E-state index is 13.1. The minimum absolute atomic E-state index is 0.130. The number of benzene rings is 2. The lowest BCUT2D eigenvalue weighted by Gasteiger charge is -2.18. The van der Waals surface area contributed by atoms with Gasteiger partial charge in [0, 0.05) is 13.0 Å². The Hall–Kier alpha value is -2.85. The molecule has 0 aliphatic heterocycles. The minimum atomic E-state index is -3.89. The summed E-state index contributed by atoms with van der Waals surface area (Å²) in [6.07, 6.45) is -0.380. The van der Waals surface area contributed by atoms with Crippen molar-refractivity contribution in [2.75, 3.05) is 13.7 Å². The van der Waals surface area contributed by atoms with E-state index < -0.39 is 39.6 Å². The number of nitrogens with one attached hydrogen (secondary N) is 2. The van der Waals surface area contributed by atoms with E-state index in [4.69, 9.17) is 0 Å². The standard InChI is InChI=1S/C19H20F2N2O5S/c1-28-19(25)12-17(13-2-4-14(20)5-3-13)23-18(24)10-11-22-29(26,27)16-8-6-15(21)7-9-16/h2-9,17,22H,10-12H2,1H3,(H,23,24). The van der Waals surface area contributed by atoms with Crippen LogP contribution >= 0.6 is 0 Å². The van der Waals surface area contributed by atoms with Crippen molar-refractivity contribution in [3.05, 3.63) is 65.7 Å². The summed E-state index contributed by atoms with van der Waals surface area (Å²) in [5.41, 5.74) is 0.497. The highest BCUT2D eigenvalue weighted by atomic mass is 32.2. The van der Waals surface area contributed by atoms with Crippen LogP contribution in [0, 0.1) is 11.6 Å². The van der Waals surface area contributed by atoms with Crippen molar-refractivity contribution in [2.45, 2.75) is 23.8 Å². The second-order valence-corrected chi connectivity index (χ2v) is 7.82. The van der Waals surface area contributed by atoms with Gasteiger partial charge in [0.2, 0.25) is 15.9 Å². The third kappa shape index (κ3) is 6.91. The van der Waals surface area contributed by atoms with Crippen LogP contribution in [-0.4, -0.2) is 33.9 Å². The summed E-state index contributed by atoms with van der Waals surface area (Å²) < 4.78 is 57.1. The molecular weight excluding hydrogens is 406 g/mol. The third-order valence-electron chi connectivity index (χ3n) is 3.97. The monoisotopic (exact) mass is 426 g/mol. The molecule has 0 radical (unpaired) electrons. The van der Waals surface area contributed by atoms with Crippen LogP contribution in [0.5, 0.6) is 0 Å². The number of rotatable bonds is 9. The molecule has 2 aromatic carbocycles. The van der Waals surface area contributed by atoms with Crippen LogP contribution in [0.1, 0.15) is 24.4 Å². The Kier molecular flexibility index (Phi) is 7.80. The molecule has 7 nitrogen and oxygen atoms in total. The molecule has 1 unspecified atom stereocenters. The van der Waals surface area contributed by atoms with E-state index >= 15 is 0 Å². The van der Waals surface area contributed by atoms with Gasteiger partial charge in [0.15, 0.2) is 0 Å². The molecule has 0 spiro atoms. The average molecular weight is 426 g/mol. The Morgan fingerprint density at radius 2 is 1.55 bits per heavy atom. The number of methoxy groups -OCH3 is 1. The van der Waals surface area contributed by atoms with Crippen LogP contribution in [0.25, 0.3) is 0 Å². The summed E-state index contributed by atoms with van der Waals surface area (Å²) in [6, 6.07) is 8.75. The molecule has 0 bridgehead atoms. The van der Waals surface area contributed by atoms with Crippen molar-refractivity contribution in [1.82, 2.24) is 10.0 Å². The maximum Gasteiger partial charge on any atom is 0.307 e. The highest BCUT2D eigenvalue weighted by molar-refractivity contribution is 7.89. The molecule has 2 rings (SSSR count). The van der Waals surface area contributed by atoms with Crippen molar-refractivity contribution in [3.63, 3.8) is 0 Å². The van der Waals surface area contributed by atoms with E-state index in [1.807, 2.05) is 0 Å². The lowest BCUT2D eigenvalue weighted by molar-refractivity contribution is -0.141. The fraction of sp³-hybridized carbons (Fsp3) is 0.263. The lowest BCUT2D eigenvalue weighted by Crippen LogP contribution is -2.34. The van der Waals surface area contributed by atoms with Gasteiger partial charge in [0.25, 0.3) is 0 Å². The summed E-state index contributed by atoms with van der Waals surface area (Å²) in [5, 5.41) is 2.60. The number of carbonyl (C=O) groups is 2. The van der Waals surface area contributed by atoms with Crippen LogP contribution < -0.4 is 10.0 Å². The van der Waals surface area contributed by atoms with E-state index in [1.165, 1.54) is 31.4 Å². The van der Waals surface area contributed by atoms with E-state index in [9.17, 15) is 26.8 Å². The Labute approximate surface area is 167 Å². The molecule has 0 aromatic heterocycles. The molecule has 2 aromatic rings. The fourth-order valence-corrected chi connectivity index (χ4v) is 3.49. The van der Waals surface area contributed by atoms with Gasteiger partial charge in [-0.15, -0.1) is 0 Å². The predicted octanol–water partition coefficient (Wildman–Crippen LogP) is 2.05. The molecule has 29 heavy (non-hydrogen) atoms. The van der Waals surface area contributed by atoms with Gasteiger partial charge in [-0.3, -0.25) is 9.59 Å². The zero-order valence-corrected chi connectivity index (χ0v) is 16.3. The smallest absolute Gasteiger partial charge is 0.307 e. The summed E-state index contributed by atoms with van der Waals surface area (Å²) in [5.74, 6) is -2.13. The normalized spacial score (nSPS) is 12.2. The number of esters is 1. The largest absolute Gasteiger partial charge is 0.469 e. The molecular formula is C19H20F2N2O5S. The van der Waals surface area contributed by atoms with Gasteiger partial charge in [-0.1, -0.05) is 12.1 Å². The first kappa shape index (κ1) is 22.4. The second-order valence-electron chi connectivity index (χ2n) is 6.05. The lowest BCUT2D eigenvalue weighted by atomic mass is 10.0. The van der Waals surface area contributed by atoms with E-state index in [-0.39, 0.29) is 24.3 Å². The molecule has 0 heterocycles. The van der Waals surface area contributed by atoms with Crippen molar-refractivity contribution in [1.29, 1.82) is 0 Å². The fourth-order valence-electron chi connectivity index (χ4n) is 2.46. The number of hydrogen-bond acceptors (Lipinski definition) is 5. The number of sulfonamides is 1.